The van der Waals surface area contributed by atoms with E-state index in [0.29, 0.717) is 17.0 Å². The van der Waals surface area contributed by atoms with Crippen LogP contribution in [0.15, 0.2) is 30.3 Å². The van der Waals surface area contributed by atoms with Gasteiger partial charge in [-0.25, -0.2) is 14.4 Å². The Balaban J connectivity index is 2.33. The first kappa shape index (κ1) is 13.5. The van der Waals surface area contributed by atoms with Gasteiger partial charge in [0.15, 0.2) is 5.65 Å². The Morgan fingerprint density at radius 2 is 2.10 bits per heavy atom. The molecular weight excluding hydrogens is 291 g/mol. The van der Waals surface area contributed by atoms with E-state index in [4.69, 9.17) is 16.9 Å². The van der Waals surface area contributed by atoms with E-state index < -0.39 is 5.82 Å². The van der Waals surface area contributed by atoms with E-state index in [-0.39, 0.29) is 17.1 Å². The zero-order chi connectivity index (χ0) is 15.0. The van der Waals surface area contributed by atoms with Gasteiger partial charge in [-0.05, 0) is 37.3 Å². The molecule has 0 fully saturated rings. The second-order valence-electron chi connectivity index (χ2n) is 4.57. The molecule has 1 aromatic carbocycles. The third-order valence-electron chi connectivity index (χ3n) is 3.15. The lowest BCUT2D eigenvalue weighted by molar-refractivity contribution is 0.617. The van der Waals surface area contributed by atoms with E-state index in [1.54, 1.807) is 10.6 Å². The minimum atomic E-state index is -0.511. The summed E-state index contributed by atoms with van der Waals surface area (Å²) in [4.78, 5) is 8.78. The molecule has 0 saturated carbocycles. The van der Waals surface area contributed by atoms with Gasteiger partial charge in [0.2, 0.25) is 0 Å². The van der Waals surface area contributed by atoms with Crippen LogP contribution in [0.2, 0.25) is 0 Å². The number of halogens is 2. The van der Waals surface area contributed by atoms with Crippen molar-refractivity contribution in [1.29, 1.82) is 5.26 Å². The molecule has 2 aromatic heterocycles. The van der Waals surface area contributed by atoms with Gasteiger partial charge in [-0.3, -0.25) is 4.57 Å². The lowest BCUT2D eigenvalue weighted by atomic mass is 10.2. The van der Waals surface area contributed by atoms with Crippen molar-refractivity contribution >= 4 is 22.8 Å². The standard InChI is InChI=1S/C15H10ClFN4/c1-9-2-4-12-15(19-9)21(14(7-16)20-12)13-5-3-10(8-18)6-11(13)17/h2-6H,7H2,1H3. The molecule has 0 spiro atoms. The number of imidazole rings is 1. The highest BCUT2D eigenvalue weighted by molar-refractivity contribution is 6.16. The highest BCUT2D eigenvalue weighted by atomic mass is 35.5. The first-order valence-corrected chi connectivity index (χ1v) is 6.78. The highest BCUT2D eigenvalue weighted by Crippen LogP contribution is 2.24. The average molecular weight is 301 g/mol. The molecule has 0 N–H and O–H groups in total. The molecule has 4 nitrogen and oxygen atoms in total. The zero-order valence-corrected chi connectivity index (χ0v) is 11.9. The van der Waals surface area contributed by atoms with Crippen LogP contribution < -0.4 is 0 Å². The smallest absolute Gasteiger partial charge is 0.165 e. The van der Waals surface area contributed by atoms with Crippen LogP contribution in [0.3, 0.4) is 0 Å². The number of hydrogen-bond acceptors (Lipinski definition) is 3. The van der Waals surface area contributed by atoms with Crippen molar-refractivity contribution < 1.29 is 4.39 Å². The predicted molar refractivity (Wildman–Crippen MR) is 77.8 cm³/mol. The van der Waals surface area contributed by atoms with Gasteiger partial charge in [0.05, 0.1) is 23.2 Å². The Morgan fingerprint density at radius 3 is 2.76 bits per heavy atom. The fourth-order valence-electron chi connectivity index (χ4n) is 2.20. The predicted octanol–water partition coefficient (Wildman–Crippen LogP) is 3.48. The molecule has 0 aliphatic carbocycles. The van der Waals surface area contributed by atoms with Crippen LogP contribution in [0.25, 0.3) is 16.9 Å². The molecule has 0 unspecified atom stereocenters. The molecule has 6 heteroatoms. The molecular formula is C15H10ClFN4. The number of alkyl halides is 1. The van der Waals surface area contributed by atoms with Gasteiger partial charge < -0.3 is 0 Å². The van der Waals surface area contributed by atoms with Crippen molar-refractivity contribution in [1.82, 2.24) is 14.5 Å². The van der Waals surface area contributed by atoms with Crippen molar-refractivity contribution in [3.8, 4) is 11.8 Å². The molecule has 0 radical (unpaired) electrons. The van der Waals surface area contributed by atoms with Crippen LogP contribution in [-0.4, -0.2) is 14.5 Å². The van der Waals surface area contributed by atoms with Crippen molar-refractivity contribution in [3.05, 3.63) is 53.2 Å². The van der Waals surface area contributed by atoms with Gasteiger partial charge in [0, 0.05) is 5.69 Å². The number of pyridine rings is 1. The van der Waals surface area contributed by atoms with Gasteiger partial charge in [0.25, 0.3) is 0 Å². The number of rotatable bonds is 2. The molecule has 3 aromatic rings. The summed E-state index contributed by atoms with van der Waals surface area (Å²) in [7, 11) is 0. The molecule has 104 valence electrons. The highest BCUT2D eigenvalue weighted by Gasteiger charge is 2.16. The Morgan fingerprint density at radius 1 is 1.29 bits per heavy atom. The van der Waals surface area contributed by atoms with Crippen LogP contribution in [-0.2, 0) is 5.88 Å². The summed E-state index contributed by atoms with van der Waals surface area (Å²) in [5.41, 5.74) is 2.55. The molecule has 0 aliphatic heterocycles. The molecule has 21 heavy (non-hydrogen) atoms. The van der Waals surface area contributed by atoms with Crippen LogP contribution in [0.4, 0.5) is 4.39 Å². The van der Waals surface area contributed by atoms with Gasteiger partial charge in [-0.2, -0.15) is 5.26 Å². The summed E-state index contributed by atoms with van der Waals surface area (Å²) in [5.74, 6) is 0.130. The first-order chi connectivity index (χ1) is 10.1. The maximum absolute atomic E-state index is 14.3. The fourth-order valence-corrected chi connectivity index (χ4v) is 2.38. The molecule has 0 amide bonds. The number of nitrogens with zero attached hydrogens (tertiary/aromatic N) is 4. The second kappa shape index (κ2) is 5.15. The van der Waals surface area contributed by atoms with Crippen LogP contribution >= 0.6 is 11.6 Å². The van der Waals surface area contributed by atoms with E-state index in [1.165, 1.54) is 12.1 Å². The summed E-state index contributed by atoms with van der Waals surface area (Å²) in [5, 5.41) is 8.82. The lowest BCUT2D eigenvalue weighted by Crippen LogP contribution is -2.03. The first-order valence-electron chi connectivity index (χ1n) is 6.25. The summed E-state index contributed by atoms with van der Waals surface area (Å²) in [6.07, 6.45) is 0. The molecule has 2 heterocycles. The Kier molecular flexibility index (Phi) is 3.32. The summed E-state index contributed by atoms with van der Waals surface area (Å²) < 4.78 is 15.9. The quantitative estimate of drug-likeness (QED) is 0.681. The summed E-state index contributed by atoms with van der Waals surface area (Å²) in [6, 6.07) is 9.85. The number of aryl methyl sites for hydroxylation is 1. The molecule has 0 saturated heterocycles. The van der Waals surface area contributed by atoms with E-state index in [9.17, 15) is 4.39 Å². The van der Waals surface area contributed by atoms with E-state index in [1.807, 2.05) is 25.1 Å². The molecule has 0 atom stereocenters. The average Bonchev–Trinajstić information content (AvgIpc) is 2.84. The maximum atomic E-state index is 14.3. The Hall–Kier alpha value is -2.45. The number of fused-ring (bicyclic) bond motifs is 1. The van der Waals surface area contributed by atoms with Gasteiger partial charge in [0.1, 0.15) is 17.2 Å². The third kappa shape index (κ3) is 2.24. The molecule has 0 aliphatic rings. The number of hydrogen-bond donors (Lipinski definition) is 0. The van der Waals surface area contributed by atoms with Crippen molar-refractivity contribution in [2.24, 2.45) is 0 Å². The summed E-state index contributed by atoms with van der Waals surface area (Å²) in [6.45, 7) is 1.85. The van der Waals surface area contributed by atoms with Gasteiger partial charge in [-0.15, -0.1) is 11.6 Å². The van der Waals surface area contributed by atoms with Gasteiger partial charge in [-0.1, -0.05) is 0 Å². The lowest BCUT2D eigenvalue weighted by Gasteiger charge is -2.08. The van der Waals surface area contributed by atoms with Crippen molar-refractivity contribution in [2.75, 3.05) is 0 Å². The normalized spacial score (nSPS) is 10.8. The largest absolute Gasteiger partial charge is 0.277 e. The minimum Gasteiger partial charge on any atom is -0.277 e. The maximum Gasteiger partial charge on any atom is 0.165 e. The monoisotopic (exact) mass is 300 g/mol. The van der Waals surface area contributed by atoms with E-state index in [0.717, 1.165) is 5.69 Å². The van der Waals surface area contributed by atoms with Crippen molar-refractivity contribution in [2.45, 2.75) is 12.8 Å². The van der Waals surface area contributed by atoms with Crippen LogP contribution in [0, 0.1) is 24.1 Å². The summed E-state index contributed by atoms with van der Waals surface area (Å²) >= 11 is 5.92. The number of nitriles is 1. The fraction of sp³-hybridized carbons (Fsp3) is 0.133. The third-order valence-corrected chi connectivity index (χ3v) is 3.39. The van der Waals surface area contributed by atoms with Crippen LogP contribution in [0.1, 0.15) is 17.1 Å². The molecule has 0 bridgehead atoms. The van der Waals surface area contributed by atoms with Crippen molar-refractivity contribution in [3.63, 3.8) is 0 Å². The number of aromatic nitrogens is 3. The Labute approximate surface area is 125 Å². The topological polar surface area (TPSA) is 54.5 Å². The van der Waals surface area contributed by atoms with E-state index >= 15 is 0 Å². The van der Waals surface area contributed by atoms with Gasteiger partial charge >= 0.3 is 0 Å². The SMILES string of the molecule is Cc1ccc2nc(CCl)n(-c3ccc(C#N)cc3F)c2n1. The minimum absolute atomic E-state index is 0.134. The second-order valence-corrected chi connectivity index (χ2v) is 4.84. The van der Waals surface area contributed by atoms with Crippen LogP contribution in [0.5, 0.6) is 0 Å². The van der Waals surface area contributed by atoms with E-state index in [2.05, 4.69) is 9.97 Å². The zero-order valence-electron chi connectivity index (χ0n) is 11.1. The Bertz CT molecular complexity index is 879. The molecule has 3 rings (SSSR count). The number of benzene rings is 1.